The van der Waals surface area contributed by atoms with Crippen LogP contribution in [0.2, 0.25) is 0 Å². The molecule has 10 heteroatoms. The SMILES string of the molecule is CC(C(N)=O)c1ccc(-c2ccc([C@@H](C(F)F)N(C(=O)[C@@H](N)CC(C)(C)F)C3(C#N)CC3)cc2)c(F)c1. The maximum absolute atomic E-state index is 14.8. The summed E-state index contributed by atoms with van der Waals surface area (Å²) < 4.78 is 57.9. The van der Waals surface area contributed by atoms with E-state index >= 15 is 0 Å². The summed E-state index contributed by atoms with van der Waals surface area (Å²) in [6.45, 7) is 4.01. The standard InChI is InChI=1S/C27H30F4N4O2/c1-15(24(34)36)18-8-9-19(20(28)12-18)16-4-6-17(7-5-16)22(23(29)30)35(27(14-32)10-11-27)25(37)21(33)13-26(2,3)31/h4-9,12,15,21-23H,10-11,13,33H2,1-3H3,(H2,34,36)/t15?,21-,22-/m0/s1. The monoisotopic (exact) mass is 518 g/mol. The Bertz CT molecular complexity index is 1200. The molecule has 0 heterocycles. The summed E-state index contributed by atoms with van der Waals surface area (Å²) >= 11 is 0. The Balaban J connectivity index is 1.97. The summed E-state index contributed by atoms with van der Waals surface area (Å²) in [4.78, 5) is 25.4. The Hall–Kier alpha value is -3.45. The molecule has 6 nitrogen and oxygen atoms in total. The van der Waals surface area contributed by atoms with Gasteiger partial charge in [0.05, 0.1) is 18.0 Å². The molecule has 4 N–H and O–H groups in total. The first-order valence-corrected chi connectivity index (χ1v) is 11.9. The number of halogens is 4. The van der Waals surface area contributed by atoms with E-state index in [1.807, 2.05) is 6.07 Å². The fourth-order valence-electron chi connectivity index (χ4n) is 4.39. The molecule has 0 bridgehead atoms. The van der Waals surface area contributed by atoms with Gasteiger partial charge in [-0.2, -0.15) is 5.26 Å². The number of alkyl halides is 3. The van der Waals surface area contributed by atoms with Crippen LogP contribution in [0.15, 0.2) is 42.5 Å². The molecule has 3 atom stereocenters. The number of hydrogen-bond donors (Lipinski definition) is 2. The Labute approximate surface area is 213 Å². The molecule has 1 aliphatic carbocycles. The summed E-state index contributed by atoms with van der Waals surface area (Å²) in [5.74, 6) is -2.84. The van der Waals surface area contributed by atoms with E-state index in [0.717, 1.165) is 4.90 Å². The first-order valence-electron chi connectivity index (χ1n) is 11.9. The molecule has 0 aromatic heterocycles. The molecular weight excluding hydrogens is 488 g/mol. The molecule has 1 saturated carbocycles. The molecule has 0 radical (unpaired) electrons. The maximum Gasteiger partial charge on any atom is 0.262 e. The van der Waals surface area contributed by atoms with Crippen molar-refractivity contribution in [2.24, 2.45) is 11.5 Å². The van der Waals surface area contributed by atoms with E-state index in [0.29, 0.717) is 11.1 Å². The van der Waals surface area contributed by atoms with Crippen LogP contribution in [0.3, 0.4) is 0 Å². The highest BCUT2D eigenvalue weighted by atomic mass is 19.3. The van der Waals surface area contributed by atoms with Crippen LogP contribution in [0.5, 0.6) is 0 Å². The summed E-state index contributed by atoms with van der Waals surface area (Å²) in [6.07, 6.45) is -3.08. The second-order valence-corrected chi connectivity index (χ2v) is 10.1. The summed E-state index contributed by atoms with van der Waals surface area (Å²) in [5, 5.41) is 9.71. The van der Waals surface area contributed by atoms with Crippen molar-refractivity contribution in [3.05, 3.63) is 59.4 Å². The largest absolute Gasteiger partial charge is 0.369 e. The number of carbonyl (C=O) groups excluding carboxylic acids is 2. The number of nitrogens with zero attached hydrogens (tertiary/aromatic N) is 2. The third-order valence-electron chi connectivity index (χ3n) is 6.65. The normalized spacial score (nSPS) is 17.0. The topological polar surface area (TPSA) is 113 Å². The molecule has 1 fully saturated rings. The molecule has 0 spiro atoms. The van der Waals surface area contributed by atoms with Gasteiger partial charge in [-0.25, -0.2) is 17.6 Å². The van der Waals surface area contributed by atoms with Crippen molar-refractivity contribution in [3.63, 3.8) is 0 Å². The number of carbonyl (C=O) groups is 2. The number of benzene rings is 2. The molecule has 1 aliphatic rings. The second-order valence-electron chi connectivity index (χ2n) is 10.1. The second kappa shape index (κ2) is 10.5. The average molecular weight is 519 g/mol. The molecule has 0 aliphatic heterocycles. The van der Waals surface area contributed by atoms with Crippen molar-refractivity contribution >= 4 is 11.8 Å². The Morgan fingerprint density at radius 3 is 2.14 bits per heavy atom. The molecule has 37 heavy (non-hydrogen) atoms. The molecule has 1 unspecified atom stereocenters. The lowest BCUT2D eigenvalue weighted by Gasteiger charge is -2.37. The quantitative estimate of drug-likeness (QED) is 0.443. The van der Waals surface area contributed by atoms with Gasteiger partial charge in [-0.3, -0.25) is 9.59 Å². The third-order valence-corrected chi connectivity index (χ3v) is 6.65. The van der Waals surface area contributed by atoms with Gasteiger partial charge in [-0.15, -0.1) is 0 Å². The molecule has 3 rings (SSSR count). The predicted octanol–water partition coefficient (Wildman–Crippen LogP) is 4.74. The minimum Gasteiger partial charge on any atom is -0.369 e. The van der Waals surface area contributed by atoms with Gasteiger partial charge in [0.15, 0.2) is 0 Å². The van der Waals surface area contributed by atoms with Crippen molar-refractivity contribution < 1.29 is 27.2 Å². The summed E-state index contributed by atoms with van der Waals surface area (Å²) in [5.41, 5.74) is 8.90. The molecule has 0 saturated heterocycles. The van der Waals surface area contributed by atoms with Crippen LogP contribution >= 0.6 is 0 Å². The van der Waals surface area contributed by atoms with Crippen molar-refractivity contribution in [3.8, 4) is 17.2 Å². The van der Waals surface area contributed by atoms with Gasteiger partial charge in [0.1, 0.15) is 23.1 Å². The van der Waals surface area contributed by atoms with Gasteiger partial charge in [-0.1, -0.05) is 36.4 Å². The van der Waals surface area contributed by atoms with E-state index in [1.54, 1.807) is 13.0 Å². The lowest BCUT2D eigenvalue weighted by molar-refractivity contribution is -0.143. The summed E-state index contributed by atoms with van der Waals surface area (Å²) in [6, 6.07) is 8.49. The Kier molecular flexibility index (Phi) is 7.98. The number of hydrogen-bond acceptors (Lipinski definition) is 4. The van der Waals surface area contributed by atoms with Crippen LogP contribution in [-0.2, 0) is 9.59 Å². The first-order chi connectivity index (χ1) is 17.2. The zero-order valence-corrected chi connectivity index (χ0v) is 20.8. The highest BCUT2D eigenvalue weighted by molar-refractivity contribution is 5.84. The first kappa shape index (κ1) is 28.1. The van der Waals surface area contributed by atoms with E-state index < -0.39 is 59.7 Å². The van der Waals surface area contributed by atoms with Crippen LogP contribution < -0.4 is 11.5 Å². The minimum absolute atomic E-state index is 0.0275. The zero-order valence-electron chi connectivity index (χ0n) is 20.8. The summed E-state index contributed by atoms with van der Waals surface area (Å²) in [7, 11) is 0. The van der Waals surface area contributed by atoms with Gasteiger partial charge < -0.3 is 16.4 Å². The van der Waals surface area contributed by atoms with Crippen molar-refractivity contribution in [1.29, 1.82) is 5.26 Å². The van der Waals surface area contributed by atoms with Crippen LogP contribution in [0.1, 0.15) is 63.1 Å². The van der Waals surface area contributed by atoms with E-state index in [4.69, 9.17) is 11.5 Å². The van der Waals surface area contributed by atoms with Crippen LogP contribution in [0, 0.1) is 17.1 Å². The molecular formula is C27H30F4N4O2. The van der Waals surface area contributed by atoms with E-state index in [-0.39, 0.29) is 24.0 Å². The Morgan fingerprint density at radius 2 is 1.70 bits per heavy atom. The average Bonchev–Trinajstić information content (AvgIpc) is 3.61. The predicted molar refractivity (Wildman–Crippen MR) is 130 cm³/mol. The fraction of sp³-hybridized carbons (Fsp3) is 0.444. The van der Waals surface area contributed by atoms with E-state index in [2.05, 4.69) is 0 Å². The lowest BCUT2D eigenvalue weighted by Crippen LogP contribution is -2.53. The number of nitrogens with two attached hydrogens (primary N) is 2. The van der Waals surface area contributed by atoms with Crippen LogP contribution in [0.4, 0.5) is 17.6 Å². The smallest absolute Gasteiger partial charge is 0.262 e. The molecule has 198 valence electrons. The van der Waals surface area contributed by atoms with Crippen molar-refractivity contribution in [2.45, 2.75) is 75.7 Å². The van der Waals surface area contributed by atoms with Crippen LogP contribution in [0.25, 0.3) is 11.1 Å². The number of rotatable bonds is 10. The molecule has 2 aromatic carbocycles. The van der Waals surface area contributed by atoms with Crippen LogP contribution in [-0.4, -0.2) is 40.4 Å². The van der Waals surface area contributed by atoms with Gasteiger partial charge in [0.25, 0.3) is 6.43 Å². The number of nitriles is 1. The van der Waals surface area contributed by atoms with Gasteiger partial charge in [0.2, 0.25) is 11.8 Å². The highest BCUT2D eigenvalue weighted by Crippen LogP contribution is 2.47. The number of primary amides is 1. The Morgan fingerprint density at radius 1 is 1.14 bits per heavy atom. The molecule has 2 amide bonds. The van der Waals surface area contributed by atoms with Gasteiger partial charge >= 0.3 is 0 Å². The van der Waals surface area contributed by atoms with E-state index in [9.17, 15) is 32.4 Å². The third kappa shape index (κ3) is 6.10. The minimum atomic E-state index is -3.07. The van der Waals surface area contributed by atoms with Gasteiger partial charge in [0, 0.05) is 12.0 Å². The van der Waals surface area contributed by atoms with Crippen molar-refractivity contribution in [2.75, 3.05) is 0 Å². The highest BCUT2D eigenvalue weighted by Gasteiger charge is 2.56. The fourth-order valence-corrected chi connectivity index (χ4v) is 4.39. The van der Waals surface area contributed by atoms with E-state index in [1.165, 1.54) is 50.2 Å². The van der Waals surface area contributed by atoms with Gasteiger partial charge in [-0.05, 0) is 56.4 Å². The lowest BCUT2D eigenvalue weighted by atomic mass is 9.94. The zero-order chi connectivity index (χ0) is 27.7. The molecule has 2 aromatic rings. The van der Waals surface area contributed by atoms with Crippen molar-refractivity contribution in [1.82, 2.24) is 4.90 Å². The number of amides is 2. The maximum atomic E-state index is 14.8.